The Hall–Kier alpha value is -1.76. The molecular weight excluding hydrogens is 292 g/mol. The molecule has 1 saturated heterocycles. The first-order valence-corrected chi connectivity index (χ1v) is 7.87. The number of aliphatic carboxylic acids is 1. The number of thioether (sulfide) groups is 1. The number of nitrogens with zero attached hydrogens (tertiary/aromatic N) is 1. The second-order valence-electron chi connectivity index (χ2n) is 5.03. The van der Waals surface area contributed by atoms with Gasteiger partial charge in [-0.15, -0.1) is 11.8 Å². The van der Waals surface area contributed by atoms with E-state index in [0.717, 1.165) is 6.42 Å². The van der Waals surface area contributed by atoms with Crippen LogP contribution in [0.15, 0.2) is 16.9 Å². The lowest BCUT2D eigenvalue weighted by Crippen LogP contribution is -2.47. The number of nitrogens with one attached hydrogen (secondary N) is 1. The van der Waals surface area contributed by atoms with E-state index in [1.807, 2.05) is 6.92 Å². The molecule has 114 valence electrons. The van der Waals surface area contributed by atoms with E-state index >= 15 is 0 Å². The van der Waals surface area contributed by atoms with Crippen LogP contribution in [-0.4, -0.2) is 44.0 Å². The van der Waals surface area contributed by atoms with E-state index in [4.69, 9.17) is 0 Å². The lowest BCUT2D eigenvalue weighted by atomic mass is 10.1. The molecule has 7 heteroatoms. The number of aryl methyl sites for hydroxylation is 1. The predicted molar refractivity (Wildman–Crippen MR) is 80.5 cm³/mol. The summed E-state index contributed by atoms with van der Waals surface area (Å²) in [6.07, 6.45) is 1.56. The van der Waals surface area contributed by atoms with Crippen molar-refractivity contribution in [3.8, 4) is 0 Å². The Balaban J connectivity index is 2.36. The molecule has 1 amide bonds. The maximum atomic E-state index is 12.6. The number of amides is 1. The normalized spacial score (nSPS) is 21.5. The molecule has 21 heavy (non-hydrogen) atoms. The summed E-state index contributed by atoms with van der Waals surface area (Å²) in [6.45, 7) is 3.71. The molecule has 1 aromatic heterocycles. The largest absolute Gasteiger partial charge is 0.480 e. The number of hydrogen-bond acceptors (Lipinski definition) is 4. The van der Waals surface area contributed by atoms with Gasteiger partial charge in [-0.05, 0) is 25.5 Å². The minimum Gasteiger partial charge on any atom is -0.480 e. The van der Waals surface area contributed by atoms with Gasteiger partial charge in [0.15, 0.2) is 0 Å². The number of carbonyl (C=O) groups excluding carboxylic acids is 1. The molecular formula is C14H18N2O4S. The molecule has 0 bridgehead atoms. The fraction of sp³-hybridized carbons (Fsp3) is 0.500. The van der Waals surface area contributed by atoms with E-state index in [0.29, 0.717) is 17.9 Å². The van der Waals surface area contributed by atoms with Gasteiger partial charge < -0.3 is 15.0 Å². The molecule has 1 aliphatic heterocycles. The maximum Gasteiger partial charge on any atom is 0.327 e. The zero-order chi connectivity index (χ0) is 15.6. The first kappa shape index (κ1) is 15.6. The monoisotopic (exact) mass is 310 g/mol. The smallest absolute Gasteiger partial charge is 0.327 e. The fourth-order valence-electron chi connectivity index (χ4n) is 2.38. The van der Waals surface area contributed by atoms with Crippen molar-refractivity contribution in [3.63, 3.8) is 0 Å². The lowest BCUT2D eigenvalue weighted by molar-refractivity contribution is -0.141. The van der Waals surface area contributed by atoms with E-state index in [1.54, 1.807) is 13.0 Å². The SMILES string of the molecule is CCCC1SCC(C(=O)O)N1C(=O)c1ccc(C)[nH]c1=O. The average Bonchev–Trinajstić information content (AvgIpc) is 2.82. The van der Waals surface area contributed by atoms with Crippen LogP contribution in [0.3, 0.4) is 0 Å². The van der Waals surface area contributed by atoms with Gasteiger partial charge in [-0.25, -0.2) is 4.79 Å². The number of carbonyl (C=O) groups is 2. The number of rotatable bonds is 4. The summed E-state index contributed by atoms with van der Waals surface area (Å²) in [5.74, 6) is -1.18. The number of aromatic amines is 1. The number of aromatic nitrogens is 1. The first-order valence-electron chi connectivity index (χ1n) is 6.82. The highest BCUT2D eigenvalue weighted by Gasteiger charge is 2.41. The van der Waals surface area contributed by atoms with Crippen LogP contribution in [0.5, 0.6) is 0 Å². The zero-order valence-electron chi connectivity index (χ0n) is 12.0. The molecule has 0 aliphatic carbocycles. The minimum atomic E-state index is -1.03. The van der Waals surface area contributed by atoms with Gasteiger partial charge in [0.2, 0.25) is 0 Å². The Morgan fingerprint density at radius 3 is 2.76 bits per heavy atom. The van der Waals surface area contributed by atoms with Crippen LogP contribution < -0.4 is 5.56 Å². The molecule has 0 saturated carbocycles. The van der Waals surface area contributed by atoms with Crippen LogP contribution in [0.1, 0.15) is 35.8 Å². The number of hydrogen-bond donors (Lipinski definition) is 2. The molecule has 1 aromatic rings. The van der Waals surface area contributed by atoms with E-state index in [9.17, 15) is 19.5 Å². The second-order valence-corrected chi connectivity index (χ2v) is 6.24. The van der Waals surface area contributed by atoms with E-state index in [2.05, 4.69) is 4.98 Å². The highest BCUT2D eigenvalue weighted by atomic mass is 32.2. The van der Waals surface area contributed by atoms with Crippen molar-refractivity contribution in [2.45, 2.75) is 38.1 Å². The minimum absolute atomic E-state index is 0.00421. The standard InChI is InChI=1S/C14H18N2O4S/c1-3-4-11-16(10(7-21-11)14(19)20)13(18)9-6-5-8(2)15-12(9)17/h5-6,10-11H,3-4,7H2,1-2H3,(H,15,17)(H,19,20). The Morgan fingerprint density at radius 1 is 1.48 bits per heavy atom. The Kier molecular flexibility index (Phi) is 4.72. The van der Waals surface area contributed by atoms with Crippen molar-refractivity contribution in [1.29, 1.82) is 0 Å². The third-order valence-electron chi connectivity index (χ3n) is 3.43. The summed E-state index contributed by atoms with van der Waals surface area (Å²) < 4.78 is 0. The second kappa shape index (κ2) is 6.34. The molecule has 2 N–H and O–H groups in total. The summed E-state index contributed by atoms with van der Waals surface area (Å²) in [7, 11) is 0. The molecule has 2 unspecified atom stereocenters. The van der Waals surface area contributed by atoms with Crippen molar-refractivity contribution < 1.29 is 14.7 Å². The topological polar surface area (TPSA) is 90.5 Å². The van der Waals surface area contributed by atoms with Crippen LogP contribution in [0.25, 0.3) is 0 Å². The lowest BCUT2D eigenvalue weighted by Gasteiger charge is -2.27. The van der Waals surface area contributed by atoms with E-state index < -0.39 is 23.5 Å². The van der Waals surface area contributed by atoms with Gasteiger partial charge in [0, 0.05) is 11.4 Å². The summed E-state index contributed by atoms with van der Waals surface area (Å²) >= 11 is 1.46. The molecule has 2 rings (SSSR count). The summed E-state index contributed by atoms with van der Waals surface area (Å²) in [5.41, 5.74) is 0.180. The summed E-state index contributed by atoms with van der Waals surface area (Å²) in [6, 6.07) is 2.23. The van der Waals surface area contributed by atoms with Gasteiger partial charge in [0.1, 0.15) is 11.6 Å². The van der Waals surface area contributed by atoms with Gasteiger partial charge in [0.05, 0.1) is 5.37 Å². The van der Waals surface area contributed by atoms with Crippen LogP contribution in [0, 0.1) is 6.92 Å². The van der Waals surface area contributed by atoms with E-state index in [-0.39, 0.29) is 10.9 Å². The third kappa shape index (κ3) is 3.12. The van der Waals surface area contributed by atoms with Crippen molar-refractivity contribution in [1.82, 2.24) is 9.88 Å². The van der Waals surface area contributed by atoms with Gasteiger partial charge >= 0.3 is 5.97 Å². The van der Waals surface area contributed by atoms with Gasteiger partial charge in [-0.2, -0.15) is 0 Å². The van der Waals surface area contributed by atoms with Crippen molar-refractivity contribution in [2.75, 3.05) is 5.75 Å². The predicted octanol–water partition coefficient (Wildman–Crippen LogP) is 1.45. The molecule has 1 aliphatic rings. The first-order chi connectivity index (χ1) is 9.95. The van der Waals surface area contributed by atoms with Gasteiger partial charge in [0.25, 0.3) is 11.5 Å². The summed E-state index contributed by atoms with van der Waals surface area (Å²) in [4.78, 5) is 39.8. The number of carboxylic acids is 1. The highest BCUT2D eigenvalue weighted by molar-refractivity contribution is 8.00. The Labute approximate surface area is 126 Å². The van der Waals surface area contributed by atoms with Crippen LogP contribution in [-0.2, 0) is 4.79 Å². The van der Waals surface area contributed by atoms with Crippen LogP contribution in [0.4, 0.5) is 0 Å². The molecule has 0 radical (unpaired) electrons. The molecule has 2 atom stereocenters. The average molecular weight is 310 g/mol. The third-order valence-corrected chi connectivity index (χ3v) is 4.79. The maximum absolute atomic E-state index is 12.6. The van der Waals surface area contributed by atoms with Gasteiger partial charge in [-0.3, -0.25) is 9.59 Å². The van der Waals surface area contributed by atoms with Crippen LogP contribution in [0.2, 0.25) is 0 Å². The number of pyridine rings is 1. The van der Waals surface area contributed by atoms with Crippen molar-refractivity contribution in [3.05, 3.63) is 33.7 Å². The molecule has 2 heterocycles. The number of H-pyrrole nitrogens is 1. The fourth-order valence-corrected chi connectivity index (χ4v) is 3.89. The quantitative estimate of drug-likeness (QED) is 0.878. The Morgan fingerprint density at radius 2 is 2.19 bits per heavy atom. The Bertz CT molecular complexity index is 613. The molecule has 0 aromatic carbocycles. The number of carboxylic acid groups (broad SMARTS) is 1. The van der Waals surface area contributed by atoms with Gasteiger partial charge in [-0.1, -0.05) is 13.3 Å². The van der Waals surface area contributed by atoms with Crippen LogP contribution >= 0.6 is 11.8 Å². The zero-order valence-corrected chi connectivity index (χ0v) is 12.8. The molecule has 6 nitrogen and oxygen atoms in total. The molecule has 0 spiro atoms. The highest BCUT2D eigenvalue weighted by Crippen LogP contribution is 2.33. The van der Waals surface area contributed by atoms with E-state index in [1.165, 1.54) is 22.7 Å². The van der Waals surface area contributed by atoms with Crippen molar-refractivity contribution >= 4 is 23.6 Å². The summed E-state index contributed by atoms with van der Waals surface area (Å²) in [5, 5.41) is 9.10. The van der Waals surface area contributed by atoms with Crippen molar-refractivity contribution in [2.24, 2.45) is 0 Å². The molecule has 1 fully saturated rings.